The number of phenolic OH excluding ortho intramolecular Hbond substituents is 2. The number of carboxylic acid groups (broad SMARTS) is 1. The third kappa shape index (κ3) is 20.1. The largest absolute Gasteiger partial charge is 0.517 e. The van der Waals surface area contributed by atoms with Crippen LogP contribution >= 0.6 is 0 Å². The van der Waals surface area contributed by atoms with Crippen LogP contribution in [0.2, 0.25) is 0 Å². The smallest absolute Gasteiger partial charge is 0.508 e. The first kappa shape index (κ1) is 70.4. The topological polar surface area (TPSA) is 264 Å². The van der Waals surface area contributed by atoms with Crippen molar-refractivity contribution in [2.24, 2.45) is 5.73 Å². The molecule has 7 aromatic rings. The fourth-order valence-corrected chi connectivity index (χ4v) is 12.4. The number of benzene rings is 5. The van der Waals surface area contributed by atoms with Crippen molar-refractivity contribution in [3.05, 3.63) is 150 Å². The van der Waals surface area contributed by atoms with Crippen molar-refractivity contribution in [1.82, 2.24) is 30.0 Å². The van der Waals surface area contributed by atoms with E-state index in [1.165, 1.54) is 30.9 Å². The number of alkyl halides is 6. The fraction of sp³-hybridized carbons (Fsp3) is 0.400. The molecular weight excluding hydrogens is 1190 g/mol. The molecule has 5 heterocycles. The Kier molecular flexibility index (Phi) is 26.3. The molecule has 0 amide bonds. The number of rotatable bonds is 16. The van der Waals surface area contributed by atoms with Crippen LogP contribution < -0.4 is 24.2 Å². The highest BCUT2D eigenvalue weighted by Gasteiger charge is 2.61. The first-order valence-corrected chi connectivity index (χ1v) is 30.9. The van der Waals surface area contributed by atoms with Gasteiger partial charge >= 0.3 is 31.1 Å². The standard InChI is InChI=1S/C22H25N3O2.C12H15NO2.C10H12N2O.C8H5F6NO4S2.C6H15N.C2H4O2/c26-16-6-7-20-19(14-16)18-8-10-23-22(21(18)24-20)9-11-25(15-22)12-13-27-17-4-2-1-3-5-17;14-11-6-7-13(10-11)8-9-15-12-4-2-1-3-5-12;11-4-3-7-6-12-10-2-1-8(13)5-9(7)10;9-7(10,11)20(16,17)15(6-4-2-1-3-5-6)21(18,19)8(12,13)14;1-4-7(5-2)6-3;1-2(3)4/h1-7,14,23-24,26H,8-13,15H2;1-5H,6-10H2;1-2,5-6,12-13H,3-4,11H2;1-5H;4-6H2,1-3H3;1H3,(H,3,4). The summed E-state index contributed by atoms with van der Waals surface area (Å²) in [6, 6.07) is 34.5. The number of aliphatic carboxylic acids is 1. The number of halogens is 6. The van der Waals surface area contributed by atoms with Gasteiger partial charge in [0.25, 0.3) is 5.97 Å². The van der Waals surface area contributed by atoms with Gasteiger partial charge in [0.15, 0.2) is 0 Å². The van der Waals surface area contributed by atoms with E-state index in [2.05, 4.69) is 50.8 Å². The molecule has 19 nitrogen and oxygen atoms in total. The van der Waals surface area contributed by atoms with E-state index < -0.39 is 46.4 Å². The molecule has 0 aliphatic carbocycles. The molecule has 0 radical (unpaired) electrons. The Labute approximate surface area is 502 Å². The number of ketones is 1. The predicted octanol–water partition coefficient (Wildman–Crippen LogP) is 9.35. The maximum Gasteiger partial charge on any atom is 0.517 e. The van der Waals surface area contributed by atoms with Gasteiger partial charge in [-0.05, 0) is 129 Å². The Morgan fingerprint density at radius 2 is 1.20 bits per heavy atom. The number of carbonyl (C=O) groups is 2. The summed E-state index contributed by atoms with van der Waals surface area (Å²) in [5.74, 6) is 1.96. The molecule has 0 saturated carbocycles. The maximum atomic E-state index is 12.4. The molecule has 476 valence electrons. The Bertz CT molecular complexity index is 3430. The summed E-state index contributed by atoms with van der Waals surface area (Å²) >= 11 is 0. The summed E-state index contributed by atoms with van der Waals surface area (Å²) in [6.45, 7) is 19.4. The predicted molar refractivity (Wildman–Crippen MR) is 323 cm³/mol. The highest BCUT2D eigenvalue weighted by molar-refractivity contribution is 8.11. The van der Waals surface area contributed by atoms with Crippen molar-refractivity contribution in [2.45, 2.75) is 69.9 Å². The van der Waals surface area contributed by atoms with Gasteiger partial charge in [0.1, 0.15) is 42.0 Å². The average molecular weight is 1260 g/mol. The van der Waals surface area contributed by atoms with E-state index in [0.29, 0.717) is 62.1 Å². The number of nitrogens with one attached hydrogen (secondary N) is 3. The van der Waals surface area contributed by atoms with Crippen LogP contribution in [0.3, 0.4) is 0 Å². The number of phenols is 2. The Morgan fingerprint density at radius 3 is 1.67 bits per heavy atom. The number of nitrogens with two attached hydrogens (primary N) is 1. The van der Waals surface area contributed by atoms with Gasteiger partial charge in [-0.2, -0.15) is 43.2 Å². The highest BCUT2D eigenvalue weighted by atomic mass is 32.3. The van der Waals surface area contributed by atoms with Crippen molar-refractivity contribution in [1.29, 1.82) is 0 Å². The van der Waals surface area contributed by atoms with Gasteiger partial charge < -0.3 is 50.7 Å². The van der Waals surface area contributed by atoms with Crippen LogP contribution in [-0.4, -0.2) is 165 Å². The molecule has 1 spiro atoms. The molecule has 27 heteroatoms. The molecule has 1 unspecified atom stereocenters. The number of aromatic amines is 2. The average Bonchev–Trinajstić information content (AvgIpc) is 1.78. The van der Waals surface area contributed by atoms with Crippen LogP contribution in [0.4, 0.5) is 32.0 Å². The number of aromatic nitrogens is 2. The molecular formula is C60H76F6N8O11S2. The van der Waals surface area contributed by atoms with Crippen molar-refractivity contribution in [3.8, 4) is 23.0 Å². The lowest BCUT2D eigenvalue weighted by Gasteiger charge is -2.35. The lowest BCUT2D eigenvalue weighted by molar-refractivity contribution is -0.134. The van der Waals surface area contributed by atoms with Crippen LogP contribution in [-0.2, 0) is 48.0 Å². The summed E-state index contributed by atoms with van der Waals surface area (Å²) in [5, 5.41) is 32.6. The van der Waals surface area contributed by atoms with Gasteiger partial charge in [-0.3, -0.25) is 19.4 Å². The number of Topliss-reactive ketones (excluding diaryl/α,β-unsaturated/α-hetero) is 1. The van der Waals surface area contributed by atoms with E-state index in [4.69, 9.17) is 25.1 Å². The number of ether oxygens (including phenoxy) is 2. The van der Waals surface area contributed by atoms with Gasteiger partial charge in [0, 0.05) is 86.3 Å². The van der Waals surface area contributed by atoms with E-state index in [1.807, 2.05) is 85.1 Å². The normalized spacial score (nSPS) is 16.0. The number of aromatic hydroxyl groups is 2. The zero-order valence-electron chi connectivity index (χ0n) is 48.8. The molecule has 3 aliphatic rings. The molecule has 8 N–H and O–H groups in total. The minimum absolute atomic E-state index is 0.0189. The first-order valence-electron chi connectivity index (χ1n) is 28.0. The van der Waals surface area contributed by atoms with Gasteiger partial charge in [0.05, 0.1) is 17.8 Å². The molecule has 0 bridgehead atoms. The van der Waals surface area contributed by atoms with E-state index in [9.17, 15) is 58.2 Å². The summed E-state index contributed by atoms with van der Waals surface area (Å²) in [4.78, 5) is 33.8. The third-order valence-electron chi connectivity index (χ3n) is 14.0. The van der Waals surface area contributed by atoms with Crippen molar-refractivity contribution < 1.29 is 77.6 Å². The zero-order chi connectivity index (χ0) is 64.0. The Morgan fingerprint density at radius 1 is 0.701 bits per heavy atom. The molecule has 5 aromatic carbocycles. The molecule has 10 rings (SSSR count). The number of carbonyl (C=O) groups excluding carboxylic acids is 1. The lowest BCUT2D eigenvalue weighted by Crippen LogP contribution is -2.49. The van der Waals surface area contributed by atoms with Gasteiger partial charge in [-0.25, -0.2) is 0 Å². The summed E-state index contributed by atoms with van der Waals surface area (Å²) in [6.07, 6.45) is 5.56. The summed E-state index contributed by atoms with van der Waals surface area (Å²) < 4.78 is 129. The number of hydrogen-bond donors (Lipinski definition) is 7. The fourth-order valence-electron chi connectivity index (χ4n) is 9.69. The van der Waals surface area contributed by atoms with Crippen molar-refractivity contribution in [2.75, 3.05) is 88.9 Å². The molecule has 87 heavy (non-hydrogen) atoms. The van der Waals surface area contributed by atoms with Crippen LogP contribution in [0.25, 0.3) is 21.8 Å². The van der Waals surface area contributed by atoms with Crippen molar-refractivity contribution >= 4 is 59.3 Å². The highest BCUT2D eigenvalue weighted by Crippen LogP contribution is 2.41. The monoisotopic (exact) mass is 1260 g/mol. The zero-order valence-corrected chi connectivity index (χ0v) is 50.4. The van der Waals surface area contributed by atoms with E-state index in [1.54, 1.807) is 18.2 Å². The van der Waals surface area contributed by atoms with Crippen LogP contribution in [0, 0.1) is 0 Å². The van der Waals surface area contributed by atoms with Crippen LogP contribution in [0.5, 0.6) is 23.0 Å². The van der Waals surface area contributed by atoms with Gasteiger partial charge in [0.2, 0.25) is 0 Å². The minimum atomic E-state index is -6.81. The summed E-state index contributed by atoms with van der Waals surface area (Å²) in [5.41, 5.74) is -2.34. The van der Waals surface area contributed by atoms with Crippen LogP contribution in [0.1, 0.15) is 57.4 Å². The number of fused-ring (bicyclic) bond motifs is 5. The second kappa shape index (κ2) is 32.5. The number of anilines is 1. The lowest BCUT2D eigenvalue weighted by atomic mass is 9.86. The van der Waals surface area contributed by atoms with E-state index >= 15 is 0 Å². The number of para-hydroxylation sites is 3. The van der Waals surface area contributed by atoms with Gasteiger partial charge in [-0.15, -0.1) is 3.71 Å². The maximum absolute atomic E-state index is 12.4. The van der Waals surface area contributed by atoms with Crippen molar-refractivity contribution in [3.63, 3.8) is 0 Å². The Hall–Kier alpha value is -7.40. The SMILES string of the molecule is CC(=O)O.CCN(CC)CC.NCCc1c[nH]c2ccc(O)cc12.O=C1CCN(CCOc2ccccc2)C1.O=S(=O)(N(c1ccccc1)S(=O)(=O)C(F)(F)F)C(F)(F)F.Oc1ccc2[nH]c3c(c2c1)CCNC31CCN(CCOc2ccccc2)C1. The van der Waals surface area contributed by atoms with E-state index in [-0.39, 0.29) is 5.54 Å². The van der Waals surface area contributed by atoms with Gasteiger partial charge in [-0.1, -0.05) is 75.4 Å². The first-order chi connectivity index (χ1) is 41.2. The molecule has 3 aliphatic heterocycles. The van der Waals surface area contributed by atoms with E-state index in [0.717, 1.165) is 123 Å². The number of hydrogen-bond acceptors (Lipinski definition) is 15. The number of carboxylic acids is 1. The molecule has 2 saturated heterocycles. The van der Waals surface area contributed by atoms with Crippen LogP contribution in [0.15, 0.2) is 134 Å². The second-order valence-electron chi connectivity index (χ2n) is 20.0. The quantitative estimate of drug-likeness (QED) is 0.0444. The number of H-pyrrole nitrogens is 2. The number of nitrogens with zero attached hydrogens (tertiary/aromatic N) is 4. The second-order valence-corrected chi connectivity index (χ2v) is 23.8. The third-order valence-corrected chi connectivity index (χ3v) is 17.6. The number of sulfonamides is 2. The summed E-state index contributed by atoms with van der Waals surface area (Å²) in [7, 11) is -13.6. The Balaban J connectivity index is 0.000000206. The molecule has 2 fully saturated rings. The molecule has 2 aromatic heterocycles. The minimum Gasteiger partial charge on any atom is -0.508 e. The number of likely N-dealkylation sites (tertiary alicyclic amines) is 2. The molecule has 1 atom stereocenters.